The first kappa shape index (κ1) is 88.6. The Bertz CT molecular complexity index is 6500. The molecular formula is C130H132N2. The van der Waals surface area contributed by atoms with Gasteiger partial charge in [-0.05, 0) is 297 Å². The Hall–Kier alpha value is -12.6. The van der Waals surface area contributed by atoms with E-state index in [1.54, 1.807) is 11.1 Å². The van der Waals surface area contributed by atoms with E-state index in [0.717, 1.165) is 42.7 Å². The Kier molecular flexibility index (Phi) is 28.1. The van der Waals surface area contributed by atoms with Crippen LogP contribution >= 0.6 is 0 Å². The van der Waals surface area contributed by atoms with E-state index < -0.39 is 0 Å². The van der Waals surface area contributed by atoms with Crippen molar-refractivity contribution >= 4 is 44.9 Å². The summed E-state index contributed by atoms with van der Waals surface area (Å²) in [6, 6.07) is 140. The lowest BCUT2D eigenvalue weighted by Crippen LogP contribution is -2.25. The van der Waals surface area contributed by atoms with Crippen molar-refractivity contribution in [1.29, 1.82) is 0 Å². The Morgan fingerprint density at radius 2 is 0.432 bits per heavy atom. The lowest BCUT2D eigenvalue weighted by molar-refractivity contribution is 0.398. The average Bonchev–Trinajstić information content (AvgIpc) is 1.56. The summed E-state index contributed by atoms with van der Waals surface area (Å²) in [5.74, 6) is 0. The zero-order valence-corrected chi connectivity index (χ0v) is 78.7. The Morgan fingerprint density at radius 3 is 0.803 bits per heavy atom. The highest BCUT2D eigenvalue weighted by molar-refractivity contribution is 5.94. The van der Waals surface area contributed by atoms with Crippen LogP contribution in [0.2, 0.25) is 0 Å². The van der Waals surface area contributed by atoms with Gasteiger partial charge in [-0.15, -0.1) is 0 Å². The van der Waals surface area contributed by atoms with Gasteiger partial charge in [0, 0.05) is 45.0 Å². The molecular weight excluding hydrogens is 1590 g/mol. The van der Waals surface area contributed by atoms with Gasteiger partial charge < -0.3 is 9.80 Å². The molecule has 0 aliphatic heterocycles. The van der Waals surface area contributed by atoms with Gasteiger partial charge in [-0.25, -0.2) is 0 Å². The number of nitrogens with zero attached hydrogens (tertiary/aromatic N) is 2. The van der Waals surface area contributed by atoms with Crippen LogP contribution in [0.5, 0.6) is 0 Å². The molecule has 2 heteroatoms. The molecule has 0 unspecified atom stereocenters. The number of fused-ring (bicyclic) bond motifs is 8. The van der Waals surface area contributed by atoms with Crippen molar-refractivity contribution in [2.75, 3.05) is 9.80 Å². The van der Waals surface area contributed by atoms with E-state index in [0.29, 0.717) is 0 Å². The Morgan fingerprint density at radius 1 is 0.174 bits per heavy atom. The van der Waals surface area contributed by atoms with Crippen LogP contribution in [0.3, 0.4) is 0 Å². The van der Waals surface area contributed by atoms with Crippen LogP contribution in [0.1, 0.15) is 241 Å². The van der Waals surface area contributed by atoms with Crippen LogP contribution < -0.4 is 9.80 Å². The molecule has 0 heterocycles. The molecule has 0 bridgehead atoms. The van der Waals surface area contributed by atoms with Gasteiger partial charge in [0.25, 0.3) is 0 Å². The van der Waals surface area contributed by atoms with Crippen molar-refractivity contribution in [2.24, 2.45) is 0 Å². The summed E-state index contributed by atoms with van der Waals surface area (Å²) in [7, 11) is 0. The van der Waals surface area contributed by atoms with Crippen molar-refractivity contribution in [3.8, 4) is 111 Å². The van der Waals surface area contributed by atoms with E-state index in [-0.39, 0.29) is 10.8 Å². The smallest absolute Gasteiger partial charge is 0.0468 e. The second-order valence-corrected chi connectivity index (χ2v) is 38.6. The number of aryl methyl sites for hydroxylation is 2. The maximum absolute atomic E-state index is 2.66. The fourth-order valence-corrected chi connectivity index (χ4v) is 22.5. The lowest BCUT2D eigenvalue weighted by atomic mass is 9.70. The first-order chi connectivity index (χ1) is 65.2. The van der Waals surface area contributed by atoms with Crippen LogP contribution in [-0.2, 0) is 23.7 Å². The predicted octanol–water partition coefficient (Wildman–Crippen LogP) is 38.7. The highest BCUT2D eigenvalue weighted by atomic mass is 15.1. The molecule has 0 radical (unpaired) electrons. The minimum Gasteiger partial charge on any atom is -0.310 e. The van der Waals surface area contributed by atoms with Crippen molar-refractivity contribution in [2.45, 2.75) is 231 Å². The third kappa shape index (κ3) is 19.1. The summed E-state index contributed by atoms with van der Waals surface area (Å²) in [5.41, 5.74) is 41.4. The summed E-state index contributed by atoms with van der Waals surface area (Å²) in [4.78, 5) is 4.98. The maximum atomic E-state index is 2.66. The number of rotatable bonds is 42. The molecule has 0 amide bonds. The number of hydrogen-bond donors (Lipinski definition) is 0. The largest absolute Gasteiger partial charge is 0.310 e. The van der Waals surface area contributed by atoms with Crippen LogP contribution in [-0.4, -0.2) is 0 Å². The summed E-state index contributed by atoms with van der Waals surface area (Å²) in [5, 5.41) is 2.51. The average molecular weight is 1720 g/mol. The fourth-order valence-electron chi connectivity index (χ4n) is 22.5. The Balaban J connectivity index is 0.647. The molecule has 132 heavy (non-hydrogen) atoms. The molecule has 16 aromatic rings. The number of unbranched alkanes of at least 4 members (excludes halogenated alkanes) is 20. The van der Waals surface area contributed by atoms with Gasteiger partial charge in [0.05, 0.1) is 0 Å². The third-order valence-electron chi connectivity index (χ3n) is 30.0. The molecule has 3 aliphatic rings. The molecule has 2 nitrogen and oxygen atoms in total. The van der Waals surface area contributed by atoms with E-state index in [9.17, 15) is 0 Å². The molecule has 16 aromatic carbocycles. The number of benzene rings is 16. The first-order valence-corrected chi connectivity index (χ1v) is 50.9. The molecule has 3 aliphatic carbocycles. The topological polar surface area (TPSA) is 6.48 Å². The summed E-state index contributed by atoms with van der Waals surface area (Å²) < 4.78 is 0. The number of anilines is 6. The highest BCUT2D eigenvalue weighted by Crippen LogP contribution is 2.59. The van der Waals surface area contributed by atoms with Crippen LogP contribution in [0.4, 0.5) is 34.1 Å². The van der Waals surface area contributed by atoms with E-state index in [1.807, 2.05) is 0 Å². The quantitative estimate of drug-likeness (QED) is 0.0352. The van der Waals surface area contributed by atoms with Crippen molar-refractivity contribution in [3.63, 3.8) is 0 Å². The first-order valence-electron chi connectivity index (χ1n) is 50.9. The van der Waals surface area contributed by atoms with Gasteiger partial charge in [-0.1, -0.05) is 443 Å². The molecule has 0 N–H and O–H groups in total. The van der Waals surface area contributed by atoms with Crippen molar-refractivity contribution in [1.82, 2.24) is 0 Å². The van der Waals surface area contributed by atoms with E-state index in [2.05, 4.69) is 401 Å². The van der Waals surface area contributed by atoms with Gasteiger partial charge in [-0.3, -0.25) is 0 Å². The van der Waals surface area contributed by atoms with Crippen molar-refractivity contribution < 1.29 is 0 Å². The Labute approximate surface area is 789 Å². The molecule has 0 saturated heterocycles. The van der Waals surface area contributed by atoms with Crippen LogP contribution in [0, 0.1) is 0 Å². The van der Waals surface area contributed by atoms with Gasteiger partial charge in [-0.2, -0.15) is 0 Å². The summed E-state index contributed by atoms with van der Waals surface area (Å²) in [6.45, 7) is 9.37. The van der Waals surface area contributed by atoms with Gasteiger partial charge in [0.15, 0.2) is 0 Å². The predicted molar refractivity (Wildman–Crippen MR) is 569 cm³/mol. The van der Waals surface area contributed by atoms with E-state index in [1.165, 1.54) is 328 Å². The molecule has 19 rings (SSSR count). The lowest BCUT2D eigenvalue weighted by Gasteiger charge is -2.33. The van der Waals surface area contributed by atoms with E-state index >= 15 is 0 Å². The summed E-state index contributed by atoms with van der Waals surface area (Å²) in [6.07, 6.45) is 37.9. The highest BCUT2D eigenvalue weighted by Gasteiger charge is 2.45. The van der Waals surface area contributed by atoms with Crippen molar-refractivity contribution in [3.05, 3.63) is 397 Å². The van der Waals surface area contributed by atoms with Gasteiger partial charge in [0.1, 0.15) is 0 Å². The zero-order chi connectivity index (χ0) is 89.4. The minimum absolute atomic E-state index is 0.0413. The molecule has 0 fully saturated rings. The summed E-state index contributed by atoms with van der Waals surface area (Å²) >= 11 is 0. The minimum atomic E-state index is -0.143. The standard InChI is InChI=1S/C130H132N2/c1-5-9-13-17-21-36-84-129(85-37-22-18-14-10-6-2)125-90-109(96-42-30-26-31-43-96)65-79-120(125)121-80-66-110(91-126(121)129)101-58-71-113(72-59-101)131(117-77-64-100-51-55-108(100)89-117)114-73-60-102(61-74-114)111-67-81-122-123-82-68-112(93-128(123)130(127(122)92-111,86-38-23-19-15-11-7-3)87-39-24-20-16-12-8-4)103-62-75-116(76-63-103)132(115-69-56-98(57-70-115)95-40-28-25-29-41-95)118-78-83-119(124(94-118)104-45-32-27-33-46-104)105-52-48-99(49-53-105)107-54-50-97-44-34-35-47-106(97)88-107/h25-35,40-50,52-54,56-83,88-94H,5-24,36-39,51,55,84-87H2,1-4H3. The molecule has 0 spiro atoms. The monoisotopic (exact) mass is 1720 g/mol. The fraction of sp³-hybridized carbons (Fsp3) is 0.277. The van der Waals surface area contributed by atoms with Gasteiger partial charge >= 0.3 is 0 Å². The second kappa shape index (κ2) is 41.9. The molecule has 0 atom stereocenters. The molecule has 0 saturated carbocycles. The van der Waals surface area contributed by atoms with Crippen LogP contribution in [0.15, 0.2) is 364 Å². The molecule has 0 aromatic heterocycles. The third-order valence-corrected chi connectivity index (χ3v) is 30.0. The SMILES string of the molecule is CCCCCCCCC1(CCCCCCCC)c2cc(-c3ccccc3)ccc2-c2ccc(-c3ccc(N(c4ccc(-c5ccc6c(c5)C(CCCCCCCC)(CCCCCCCC)c5cc(-c7ccc(N(c8ccc(-c9ccccc9)cc8)c8ccc(-c9ccc(-c%10ccc%11ccccc%11c%10)cc9)c(-c9ccccc9)c8)cc7)ccc5-6)cc4)c4ccc5c(c4)CC5)cc3)cc21. The normalized spacial score (nSPS) is 13.0. The van der Waals surface area contributed by atoms with Crippen LogP contribution in [0.25, 0.3) is 122 Å². The maximum Gasteiger partial charge on any atom is 0.0468 e. The van der Waals surface area contributed by atoms with Gasteiger partial charge in [0.2, 0.25) is 0 Å². The zero-order valence-electron chi connectivity index (χ0n) is 78.7. The van der Waals surface area contributed by atoms with E-state index in [4.69, 9.17) is 0 Å². The number of hydrogen-bond acceptors (Lipinski definition) is 2. The molecule has 662 valence electrons. The second-order valence-electron chi connectivity index (χ2n) is 38.6.